The van der Waals surface area contributed by atoms with E-state index < -0.39 is 17.9 Å². The molecule has 3 aromatic carbocycles. The Morgan fingerprint density at radius 3 is 2.34 bits per heavy atom. The normalized spacial score (nSPS) is 11.3. The van der Waals surface area contributed by atoms with Crippen molar-refractivity contribution in [3.05, 3.63) is 93.4 Å². The summed E-state index contributed by atoms with van der Waals surface area (Å²) >= 11 is 9.42. The standard InChI is InChI=1S/C24H20BrClN2O4/c1-15(29)27-21(13-16-5-3-2-4-6-16)24(31)32-22-14-18(26)9-12-20(22)23(30)28-19-10-7-17(25)8-11-19/h2-12,14,21H,13H2,1H3,(H,27,29)(H,28,30)/t21-/m0/s1. The molecule has 0 bridgehead atoms. The van der Waals surface area contributed by atoms with Crippen molar-refractivity contribution in [2.24, 2.45) is 0 Å². The van der Waals surface area contributed by atoms with Gasteiger partial charge in [-0.15, -0.1) is 0 Å². The Balaban J connectivity index is 1.81. The van der Waals surface area contributed by atoms with Gasteiger partial charge in [0.25, 0.3) is 5.91 Å². The van der Waals surface area contributed by atoms with E-state index in [1.807, 2.05) is 30.3 Å². The first-order valence-electron chi connectivity index (χ1n) is 9.71. The minimum Gasteiger partial charge on any atom is -0.424 e. The van der Waals surface area contributed by atoms with Gasteiger partial charge in [-0.25, -0.2) is 4.79 Å². The molecule has 3 aromatic rings. The summed E-state index contributed by atoms with van der Waals surface area (Å²) in [7, 11) is 0. The molecule has 0 saturated carbocycles. The number of ether oxygens (including phenoxy) is 1. The van der Waals surface area contributed by atoms with Crippen LogP contribution >= 0.6 is 27.5 Å². The van der Waals surface area contributed by atoms with Crippen LogP contribution in [0.3, 0.4) is 0 Å². The number of hydrogen-bond donors (Lipinski definition) is 2. The topological polar surface area (TPSA) is 84.5 Å². The van der Waals surface area contributed by atoms with Gasteiger partial charge in [0.1, 0.15) is 11.8 Å². The molecule has 2 amide bonds. The van der Waals surface area contributed by atoms with Gasteiger partial charge in [0, 0.05) is 34.6 Å². The van der Waals surface area contributed by atoms with Crippen molar-refractivity contribution in [3.8, 4) is 5.75 Å². The number of hydrogen-bond acceptors (Lipinski definition) is 4. The molecule has 0 aliphatic carbocycles. The molecule has 3 rings (SSSR count). The van der Waals surface area contributed by atoms with Crippen molar-refractivity contribution in [1.82, 2.24) is 5.32 Å². The highest BCUT2D eigenvalue weighted by Gasteiger charge is 2.24. The summed E-state index contributed by atoms with van der Waals surface area (Å²) in [5.74, 6) is -1.54. The Labute approximate surface area is 199 Å². The van der Waals surface area contributed by atoms with Crippen molar-refractivity contribution < 1.29 is 19.1 Å². The van der Waals surface area contributed by atoms with E-state index in [4.69, 9.17) is 16.3 Å². The number of halogens is 2. The third-order valence-electron chi connectivity index (χ3n) is 4.45. The summed E-state index contributed by atoms with van der Waals surface area (Å²) in [6.07, 6.45) is 0.236. The molecule has 0 aliphatic heterocycles. The first-order chi connectivity index (χ1) is 15.3. The lowest BCUT2D eigenvalue weighted by molar-refractivity contribution is -0.139. The molecule has 0 spiro atoms. The monoisotopic (exact) mass is 514 g/mol. The van der Waals surface area contributed by atoms with Crippen molar-refractivity contribution in [2.75, 3.05) is 5.32 Å². The quantitative estimate of drug-likeness (QED) is 0.342. The van der Waals surface area contributed by atoms with Crippen LogP contribution in [0, 0.1) is 0 Å². The Morgan fingerprint density at radius 2 is 1.69 bits per heavy atom. The third kappa shape index (κ3) is 6.67. The number of anilines is 1. The van der Waals surface area contributed by atoms with E-state index in [1.165, 1.54) is 25.1 Å². The summed E-state index contributed by atoms with van der Waals surface area (Å²) in [6, 6.07) is 19.7. The van der Waals surface area contributed by atoms with E-state index in [2.05, 4.69) is 26.6 Å². The molecule has 1 atom stereocenters. The van der Waals surface area contributed by atoms with E-state index >= 15 is 0 Å². The van der Waals surface area contributed by atoms with E-state index in [-0.39, 0.29) is 23.6 Å². The van der Waals surface area contributed by atoms with Crippen molar-refractivity contribution in [3.63, 3.8) is 0 Å². The van der Waals surface area contributed by atoms with E-state index in [0.29, 0.717) is 10.7 Å². The van der Waals surface area contributed by atoms with E-state index in [0.717, 1.165) is 10.0 Å². The molecule has 0 unspecified atom stereocenters. The molecule has 164 valence electrons. The van der Waals surface area contributed by atoms with Crippen LogP contribution in [0.15, 0.2) is 77.3 Å². The molecular formula is C24H20BrClN2O4. The molecule has 0 radical (unpaired) electrons. The first-order valence-corrected chi connectivity index (χ1v) is 10.9. The van der Waals surface area contributed by atoms with Crippen LogP contribution in [-0.2, 0) is 16.0 Å². The second kappa shape index (κ2) is 10.9. The highest BCUT2D eigenvalue weighted by Crippen LogP contribution is 2.26. The fourth-order valence-corrected chi connectivity index (χ4v) is 3.39. The molecule has 6 nitrogen and oxygen atoms in total. The molecule has 0 aromatic heterocycles. The highest BCUT2D eigenvalue weighted by atomic mass is 79.9. The second-order valence-corrected chi connectivity index (χ2v) is 8.32. The SMILES string of the molecule is CC(=O)N[C@@H](Cc1ccccc1)C(=O)Oc1cc(Cl)ccc1C(=O)Nc1ccc(Br)cc1. The number of esters is 1. The van der Waals surface area contributed by atoms with Gasteiger partial charge in [0.15, 0.2) is 0 Å². The number of amides is 2. The molecule has 8 heteroatoms. The van der Waals surface area contributed by atoms with Crippen molar-refractivity contribution in [1.29, 1.82) is 0 Å². The number of nitrogens with one attached hydrogen (secondary N) is 2. The minimum atomic E-state index is -0.934. The van der Waals surface area contributed by atoms with Gasteiger partial charge < -0.3 is 15.4 Å². The predicted octanol–water partition coefficient (Wildman–Crippen LogP) is 5.01. The van der Waals surface area contributed by atoms with Gasteiger partial charge in [-0.05, 0) is 42.0 Å². The molecule has 0 heterocycles. The summed E-state index contributed by atoms with van der Waals surface area (Å²) in [6.45, 7) is 1.32. The van der Waals surface area contributed by atoms with E-state index in [9.17, 15) is 14.4 Å². The van der Waals surface area contributed by atoms with Crippen molar-refractivity contribution >= 4 is 51.0 Å². The predicted molar refractivity (Wildman–Crippen MR) is 127 cm³/mol. The smallest absolute Gasteiger partial charge is 0.334 e. The summed E-state index contributed by atoms with van der Waals surface area (Å²) in [5, 5.41) is 5.66. The average molecular weight is 516 g/mol. The zero-order valence-electron chi connectivity index (χ0n) is 17.1. The van der Waals surface area contributed by atoms with Crippen LogP contribution in [0.25, 0.3) is 0 Å². The van der Waals surface area contributed by atoms with Gasteiger partial charge in [0.2, 0.25) is 5.91 Å². The van der Waals surface area contributed by atoms with Gasteiger partial charge in [-0.3, -0.25) is 9.59 Å². The molecule has 32 heavy (non-hydrogen) atoms. The fraction of sp³-hybridized carbons (Fsp3) is 0.125. The average Bonchev–Trinajstić information content (AvgIpc) is 2.75. The first kappa shape index (κ1) is 23.5. The minimum absolute atomic E-state index is 0.000486. The van der Waals surface area contributed by atoms with Gasteiger partial charge >= 0.3 is 5.97 Å². The molecule has 0 fully saturated rings. The molecular weight excluding hydrogens is 496 g/mol. The Bertz CT molecular complexity index is 1120. The third-order valence-corrected chi connectivity index (χ3v) is 5.21. The lowest BCUT2D eigenvalue weighted by atomic mass is 10.1. The number of benzene rings is 3. The van der Waals surface area contributed by atoms with Crippen LogP contribution < -0.4 is 15.4 Å². The maximum Gasteiger partial charge on any atom is 0.334 e. The molecule has 0 saturated heterocycles. The highest BCUT2D eigenvalue weighted by molar-refractivity contribution is 9.10. The lowest BCUT2D eigenvalue weighted by Crippen LogP contribution is -2.43. The Hall–Kier alpha value is -3.16. The zero-order chi connectivity index (χ0) is 23.1. The maximum atomic E-state index is 12.9. The summed E-state index contributed by atoms with van der Waals surface area (Å²) < 4.78 is 6.41. The van der Waals surface area contributed by atoms with E-state index in [1.54, 1.807) is 24.3 Å². The number of carbonyl (C=O) groups is 3. The Morgan fingerprint density at radius 1 is 1.00 bits per heavy atom. The molecule has 0 aliphatic rings. The van der Waals surface area contributed by atoms with Gasteiger partial charge in [-0.1, -0.05) is 57.9 Å². The van der Waals surface area contributed by atoms with Crippen molar-refractivity contribution in [2.45, 2.75) is 19.4 Å². The number of rotatable bonds is 7. The van der Waals surface area contributed by atoms with Crippen LogP contribution in [0.2, 0.25) is 5.02 Å². The summed E-state index contributed by atoms with van der Waals surface area (Å²) in [5.41, 5.74) is 1.56. The Kier molecular flexibility index (Phi) is 8.03. The van der Waals surface area contributed by atoms with Gasteiger partial charge in [-0.2, -0.15) is 0 Å². The largest absolute Gasteiger partial charge is 0.424 e. The number of carbonyl (C=O) groups excluding carboxylic acids is 3. The van der Waals surface area contributed by atoms with Crippen LogP contribution in [-0.4, -0.2) is 23.8 Å². The zero-order valence-corrected chi connectivity index (χ0v) is 19.4. The van der Waals surface area contributed by atoms with Gasteiger partial charge in [0.05, 0.1) is 5.56 Å². The molecule has 2 N–H and O–H groups in total. The lowest BCUT2D eigenvalue weighted by Gasteiger charge is -2.18. The van der Waals surface area contributed by atoms with Crippen LogP contribution in [0.4, 0.5) is 5.69 Å². The van der Waals surface area contributed by atoms with Crippen LogP contribution in [0.5, 0.6) is 5.75 Å². The van der Waals surface area contributed by atoms with Crippen LogP contribution in [0.1, 0.15) is 22.8 Å². The fourth-order valence-electron chi connectivity index (χ4n) is 2.97. The second-order valence-electron chi connectivity index (χ2n) is 6.97. The summed E-state index contributed by atoms with van der Waals surface area (Å²) in [4.78, 5) is 37.4. The maximum absolute atomic E-state index is 12.9.